The Labute approximate surface area is 58.7 Å². The molecule has 2 nitrogen and oxygen atoms in total. The number of pyridine rings is 1. The molecule has 9 heavy (non-hydrogen) atoms. The van der Waals surface area contributed by atoms with Crippen molar-refractivity contribution in [3.8, 4) is 0 Å². The number of rotatable bonds is 1. The molecular weight excluding hydrogens is 134 g/mol. The zero-order valence-corrected chi connectivity index (χ0v) is 5.89. The standard InChI is InChI=1S/C6H7NOS/c1-8-7-4-2-6(9)3-5-7/h2-5H,1H3. The second-order valence-corrected chi connectivity index (χ2v) is 2.05. The number of hydrogen-bond donors (Lipinski definition) is 0. The molecule has 1 aromatic rings. The van der Waals surface area contributed by atoms with Crippen LogP contribution in [-0.4, -0.2) is 11.8 Å². The summed E-state index contributed by atoms with van der Waals surface area (Å²) in [6, 6.07) is 3.61. The molecule has 0 fully saturated rings. The Kier molecular flexibility index (Phi) is 1.85. The Morgan fingerprint density at radius 1 is 1.44 bits per heavy atom. The number of aromatic nitrogens is 1. The van der Waals surface area contributed by atoms with Crippen LogP contribution in [0.3, 0.4) is 0 Å². The minimum Gasteiger partial charge on any atom is -0.418 e. The van der Waals surface area contributed by atoms with E-state index < -0.39 is 0 Å². The van der Waals surface area contributed by atoms with Gasteiger partial charge in [-0.1, -0.05) is 12.2 Å². The van der Waals surface area contributed by atoms with Crippen molar-refractivity contribution in [2.24, 2.45) is 0 Å². The molecule has 0 bridgehead atoms. The molecule has 0 aliphatic carbocycles. The van der Waals surface area contributed by atoms with E-state index in [4.69, 9.17) is 17.1 Å². The Morgan fingerprint density at radius 2 is 2.00 bits per heavy atom. The lowest BCUT2D eigenvalue weighted by atomic mass is 10.5. The van der Waals surface area contributed by atoms with E-state index in [1.54, 1.807) is 36.4 Å². The Bertz CT molecular complexity index is 223. The van der Waals surface area contributed by atoms with Crippen LogP contribution in [0.5, 0.6) is 0 Å². The van der Waals surface area contributed by atoms with Crippen LogP contribution in [0.4, 0.5) is 0 Å². The molecule has 1 heterocycles. The summed E-state index contributed by atoms with van der Waals surface area (Å²) in [5.74, 6) is 0. The molecule has 0 N–H and O–H groups in total. The molecule has 0 aromatic carbocycles. The van der Waals surface area contributed by atoms with Crippen molar-refractivity contribution in [1.29, 1.82) is 0 Å². The molecule has 3 heteroatoms. The summed E-state index contributed by atoms with van der Waals surface area (Å²) in [6.07, 6.45) is 3.53. The van der Waals surface area contributed by atoms with Crippen LogP contribution in [0.25, 0.3) is 0 Å². The first-order valence-electron chi connectivity index (χ1n) is 2.56. The Morgan fingerprint density at radius 3 is 2.44 bits per heavy atom. The van der Waals surface area contributed by atoms with E-state index in [0.717, 1.165) is 4.51 Å². The molecular formula is C6H7NOS. The van der Waals surface area contributed by atoms with Gasteiger partial charge in [-0.2, -0.15) is 4.73 Å². The molecule has 0 amide bonds. The second kappa shape index (κ2) is 2.64. The summed E-state index contributed by atoms with van der Waals surface area (Å²) in [5, 5.41) is 0. The average Bonchev–Trinajstić information content (AvgIpc) is 1.90. The zero-order chi connectivity index (χ0) is 6.69. The lowest BCUT2D eigenvalue weighted by Crippen LogP contribution is -2.03. The van der Waals surface area contributed by atoms with Crippen molar-refractivity contribution in [3.63, 3.8) is 0 Å². The first kappa shape index (κ1) is 6.29. The van der Waals surface area contributed by atoms with Crippen molar-refractivity contribution in [1.82, 2.24) is 4.73 Å². The van der Waals surface area contributed by atoms with Crippen LogP contribution in [0.2, 0.25) is 0 Å². The molecule has 1 aromatic heterocycles. The summed E-state index contributed by atoms with van der Waals surface area (Å²) in [4.78, 5) is 4.84. The van der Waals surface area contributed by atoms with Crippen LogP contribution in [0.1, 0.15) is 0 Å². The van der Waals surface area contributed by atoms with Crippen molar-refractivity contribution in [2.75, 3.05) is 7.11 Å². The van der Waals surface area contributed by atoms with E-state index in [9.17, 15) is 0 Å². The molecule has 0 saturated heterocycles. The van der Waals surface area contributed by atoms with Crippen LogP contribution >= 0.6 is 12.2 Å². The average molecular weight is 141 g/mol. The van der Waals surface area contributed by atoms with Gasteiger partial charge in [0.2, 0.25) is 0 Å². The van der Waals surface area contributed by atoms with Crippen molar-refractivity contribution >= 4 is 12.2 Å². The van der Waals surface area contributed by atoms with Crippen molar-refractivity contribution in [3.05, 3.63) is 29.0 Å². The van der Waals surface area contributed by atoms with Gasteiger partial charge in [0, 0.05) is 16.9 Å². The van der Waals surface area contributed by atoms with E-state index in [1.807, 2.05) is 0 Å². The monoisotopic (exact) mass is 141 g/mol. The third kappa shape index (κ3) is 1.54. The lowest BCUT2D eigenvalue weighted by Gasteiger charge is -2.00. The maximum atomic E-state index is 4.85. The molecule has 48 valence electrons. The van der Waals surface area contributed by atoms with E-state index >= 15 is 0 Å². The Balaban J connectivity index is 3.02. The molecule has 0 aliphatic heterocycles. The quantitative estimate of drug-likeness (QED) is 0.547. The third-order valence-corrected chi connectivity index (χ3v) is 1.25. The van der Waals surface area contributed by atoms with Gasteiger partial charge >= 0.3 is 0 Å². The van der Waals surface area contributed by atoms with E-state index in [1.165, 1.54) is 0 Å². The highest BCUT2D eigenvalue weighted by molar-refractivity contribution is 7.71. The Hall–Kier alpha value is -0.830. The highest BCUT2D eigenvalue weighted by atomic mass is 32.1. The van der Waals surface area contributed by atoms with Gasteiger partial charge in [-0.05, 0) is 12.1 Å². The number of nitrogens with zero attached hydrogens (tertiary/aromatic N) is 1. The van der Waals surface area contributed by atoms with Gasteiger partial charge in [0.15, 0.2) is 0 Å². The lowest BCUT2D eigenvalue weighted by molar-refractivity contribution is 0.165. The smallest absolute Gasteiger partial charge is 0.104 e. The summed E-state index contributed by atoms with van der Waals surface area (Å²) in [5.41, 5.74) is 0. The van der Waals surface area contributed by atoms with Gasteiger partial charge in [0.1, 0.15) is 7.11 Å². The fourth-order valence-electron chi connectivity index (χ4n) is 0.521. The second-order valence-electron chi connectivity index (χ2n) is 1.58. The summed E-state index contributed by atoms with van der Waals surface area (Å²) in [6.45, 7) is 0. The van der Waals surface area contributed by atoms with Gasteiger partial charge in [-0.3, -0.25) is 0 Å². The van der Waals surface area contributed by atoms with E-state index in [-0.39, 0.29) is 0 Å². The molecule has 0 aliphatic rings. The SMILES string of the molecule is COn1ccc(=S)cc1. The minimum atomic E-state index is 0.823. The zero-order valence-electron chi connectivity index (χ0n) is 5.07. The predicted octanol–water partition coefficient (Wildman–Crippen LogP) is 1.28. The van der Waals surface area contributed by atoms with Gasteiger partial charge in [-0.15, -0.1) is 0 Å². The maximum Gasteiger partial charge on any atom is 0.104 e. The van der Waals surface area contributed by atoms with Gasteiger partial charge in [-0.25, -0.2) is 0 Å². The molecule has 0 radical (unpaired) electrons. The van der Waals surface area contributed by atoms with Gasteiger partial charge in [0.05, 0.1) is 0 Å². The van der Waals surface area contributed by atoms with Crippen LogP contribution in [0, 0.1) is 4.51 Å². The van der Waals surface area contributed by atoms with Crippen LogP contribution in [-0.2, 0) is 0 Å². The molecule has 0 saturated carbocycles. The molecule has 0 atom stereocenters. The van der Waals surface area contributed by atoms with Gasteiger partial charge < -0.3 is 4.84 Å². The maximum absolute atomic E-state index is 4.85. The highest BCUT2D eigenvalue weighted by Gasteiger charge is 1.78. The van der Waals surface area contributed by atoms with Crippen molar-refractivity contribution in [2.45, 2.75) is 0 Å². The number of hydrogen-bond acceptors (Lipinski definition) is 2. The summed E-state index contributed by atoms with van der Waals surface area (Å²) < 4.78 is 2.40. The van der Waals surface area contributed by atoms with E-state index in [2.05, 4.69) is 0 Å². The fraction of sp³-hybridized carbons (Fsp3) is 0.167. The summed E-state index contributed by atoms with van der Waals surface area (Å²) >= 11 is 4.85. The van der Waals surface area contributed by atoms with Crippen molar-refractivity contribution < 1.29 is 4.84 Å². The molecule has 0 unspecified atom stereocenters. The van der Waals surface area contributed by atoms with Crippen LogP contribution in [0.15, 0.2) is 24.5 Å². The highest BCUT2D eigenvalue weighted by Crippen LogP contribution is 1.87. The first-order chi connectivity index (χ1) is 4.33. The normalized spacial score (nSPS) is 9.00. The molecule has 0 spiro atoms. The largest absolute Gasteiger partial charge is 0.418 e. The third-order valence-electron chi connectivity index (χ3n) is 0.982. The first-order valence-corrected chi connectivity index (χ1v) is 2.96. The fourth-order valence-corrected chi connectivity index (χ4v) is 0.643. The topological polar surface area (TPSA) is 14.2 Å². The van der Waals surface area contributed by atoms with E-state index in [0.29, 0.717) is 0 Å². The van der Waals surface area contributed by atoms with Crippen LogP contribution < -0.4 is 4.84 Å². The predicted molar refractivity (Wildman–Crippen MR) is 37.8 cm³/mol. The summed E-state index contributed by atoms with van der Waals surface area (Å²) in [7, 11) is 1.60. The van der Waals surface area contributed by atoms with Gasteiger partial charge in [0.25, 0.3) is 0 Å². The minimum absolute atomic E-state index is 0.823. The molecule has 1 rings (SSSR count).